The van der Waals surface area contributed by atoms with Gasteiger partial charge in [-0.3, -0.25) is 4.79 Å². The predicted molar refractivity (Wildman–Crippen MR) is 54.3 cm³/mol. The molecule has 1 aliphatic carbocycles. The molecular formula is C11H17NO. The van der Waals surface area contributed by atoms with Gasteiger partial charge in [-0.05, 0) is 19.4 Å². The summed E-state index contributed by atoms with van der Waals surface area (Å²) in [4.78, 5) is 12.7. The zero-order valence-electron chi connectivity index (χ0n) is 8.63. The molecule has 0 aliphatic heterocycles. The van der Waals surface area contributed by atoms with Crippen LogP contribution in [0.4, 0.5) is 0 Å². The first-order valence-corrected chi connectivity index (χ1v) is 4.51. The van der Waals surface area contributed by atoms with Crippen LogP contribution >= 0.6 is 0 Å². The molecule has 0 radical (unpaired) electrons. The van der Waals surface area contributed by atoms with E-state index in [1.54, 1.807) is 13.0 Å². The van der Waals surface area contributed by atoms with Gasteiger partial charge in [0.2, 0.25) is 0 Å². The molecule has 0 saturated heterocycles. The van der Waals surface area contributed by atoms with Crippen LogP contribution in [-0.2, 0) is 4.79 Å². The number of carbonyl (C=O) groups excluding carboxylic acids is 1. The van der Waals surface area contributed by atoms with Crippen LogP contribution in [0.15, 0.2) is 24.4 Å². The highest BCUT2D eigenvalue weighted by molar-refractivity contribution is 5.87. The van der Waals surface area contributed by atoms with Crippen LogP contribution in [0.2, 0.25) is 0 Å². The average molecular weight is 179 g/mol. The van der Waals surface area contributed by atoms with E-state index in [2.05, 4.69) is 13.5 Å². The molecule has 1 aliphatic rings. The first-order valence-electron chi connectivity index (χ1n) is 4.51. The molecule has 1 saturated carbocycles. The summed E-state index contributed by atoms with van der Waals surface area (Å²) in [6.45, 7) is 8.66. The summed E-state index contributed by atoms with van der Waals surface area (Å²) >= 11 is 0. The fourth-order valence-corrected chi connectivity index (χ4v) is 1.43. The van der Waals surface area contributed by atoms with E-state index in [1.807, 2.05) is 18.1 Å². The van der Waals surface area contributed by atoms with Gasteiger partial charge >= 0.3 is 0 Å². The smallest absolute Gasteiger partial charge is 0.154 e. The normalized spacial score (nSPS) is 26.5. The minimum Gasteiger partial charge on any atom is -0.379 e. The summed E-state index contributed by atoms with van der Waals surface area (Å²) in [5.41, 5.74) is 1.60. The minimum absolute atomic E-state index is 0.0895. The van der Waals surface area contributed by atoms with Gasteiger partial charge in [0, 0.05) is 25.2 Å². The molecule has 0 amide bonds. The summed E-state index contributed by atoms with van der Waals surface area (Å²) in [5, 5.41) is 0. The largest absolute Gasteiger partial charge is 0.379 e. The molecule has 0 N–H and O–H groups in total. The number of nitrogens with zero attached hydrogens (tertiary/aromatic N) is 1. The fraction of sp³-hybridized carbons (Fsp3) is 0.545. The molecule has 0 bridgehead atoms. The standard InChI is InChI=1S/C11H17NO/c1-9-7-11(9,3)8-12(4)6-5-10(2)13/h5-6H,1,7-8H2,2-4H3/b6-5+/t11-/m1/s1. The lowest BCUT2D eigenvalue weighted by Gasteiger charge is -2.18. The molecule has 0 unspecified atom stereocenters. The van der Waals surface area contributed by atoms with Crippen LogP contribution in [0.5, 0.6) is 0 Å². The lowest BCUT2D eigenvalue weighted by Crippen LogP contribution is -2.20. The van der Waals surface area contributed by atoms with E-state index in [9.17, 15) is 4.79 Å². The highest BCUT2D eigenvalue weighted by atomic mass is 16.1. The Labute approximate surface area is 79.9 Å². The third kappa shape index (κ3) is 2.72. The zero-order valence-corrected chi connectivity index (χ0v) is 8.63. The van der Waals surface area contributed by atoms with Crippen LogP contribution < -0.4 is 0 Å². The van der Waals surface area contributed by atoms with Crippen LogP contribution in [0.3, 0.4) is 0 Å². The third-order valence-electron chi connectivity index (χ3n) is 2.49. The summed E-state index contributed by atoms with van der Waals surface area (Å²) in [6, 6.07) is 0. The van der Waals surface area contributed by atoms with Gasteiger partial charge in [0.05, 0.1) is 0 Å². The molecule has 0 aromatic carbocycles. The SMILES string of the molecule is C=C1C[C@]1(C)CN(C)/C=C/C(C)=O. The van der Waals surface area contributed by atoms with E-state index in [-0.39, 0.29) is 11.2 Å². The second-order valence-corrected chi connectivity index (χ2v) is 4.18. The number of hydrogen-bond donors (Lipinski definition) is 0. The Balaban J connectivity index is 2.38. The number of hydrogen-bond acceptors (Lipinski definition) is 2. The van der Waals surface area contributed by atoms with Gasteiger partial charge in [-0.1, -0.05) is 19.1 Å². The van der Waals surface area contributed by atoms with Crippen molar-refractivity contribution in [2.45, 2.75) is 20.3 Å². The molecule has 0 spiro atoms. The maximum absolute atomic E-state index is 10.7. The maximum Gasteiger partial charge on any atom is 0.154 e. The molecule has 13 heavy (non-hydrogen) atoms. The first-order chi connectivity index (χ1) is 5.94. The van der Waals surface area contributed by atoms with E-state index in [0.717, 1.165) is 13.0 Å². The Morgan fingerprint density at radius 3 is 2.69 bits per heavy atom. The van der Waals surface area contributed by atoms with Crippen LogP contribution in [0.25, 0.3) is 0 Å². The number of allylic oxidation sites excluding steroid dienone is 1. The van der Waals surface area contributed by atoms with Gasteiger partial charge in [0.15, 0.2) is 5.78 Å². The topological polar surface area (TPSA) is 20.3 Å². The summed E-state index contributed by atoms with van der Waals surface area (Å²) in [5.74, 6) is 0.0895. The lowest BCUT2D eigenvalue weighted by molar-refractivity contribution is -0.112. The van der Waals surface area contributed by atoms with Gasteiger partial charge in [0.25, 0.3) is 0 Å². The molecule has 0 heterocycles. The van der Waals surface area contributed by atoms with Crippen molar-refractivity contribution in [2.75, 3.05) is 13.6 Å². The average Bonchev–Trinajstić information content (AvgIpc) is 2.55. The quantitative estimate of drug-likeness (QED) is 0.486. The van der Waals surface area contributed by atoms with Gasteiger partial charge in [-0.15, -0.1) is 0 Å². The van der Waals surface area contributed by atoms with Crippen molar-refractivity contribution >= 4 is 5.78 Å². The highest BCUT2D eigenvalue weighted by Crippen LogP contribution is 2.50. The maximum atomic E-state index is 10.7. The van der Waals surface area contributed by atoms with Crippen molar-refractivity contribution in [3.63, 3.8) is 0 Å². The van der Waals surface area contributed by atoms with Crippen molar-refractivity contribution in [1.82, 2.24) is 4.90 Å². The van der Waals surface area contributed by atoms with Crippen molar-refractivity contribution in [1.29, 1.82) is 0 Å². The Morgan fingerprint density at radius 1 is 1.77 bits per heavy atom. The zero-order chi connectivity index (χ0) is 10.1. The van der Waals surface area contributed by atoms with Gasteiger partial charge in [-0.25, -0.2) is 0 Å². The second kappa shape index (κ2) is 3.36. The highest BCUT2D eigenvalue weighted by Gasteiger charge is 2.42. The van der Waals surface area contributed by atoms with Gasteiger partial charge < -0.3 is 4.90 Å². The Hall–Kier alpha value is -1.05. The van der Waals surface area contributed by atoms with E-state index in [0.29, 0.717) is 0 Å². The van der Waals surface area contributed by atoms with E-state index in [1.165, 1.54) is 5.57 Å². The summed E-state index contributed by atoms with van der Waals surface area (Å²) in [7, 11) is 1.98. The first kappa shape index (κ1) is 10.0. The fourth-order valence-electron chi connectivity index (χ4n) is 1.43. The van der Waals surface area contributed by atoms with Crippen LogP contribution in [0.1, 0.15) is 20.3 Å². The molecular weight excluding hydrogens is 162 g/mol. The van der Waals surface area contributed by atoms with E-state index >= 15 is 0 Å². The molecule has 1 atom stereocenters. The Morgan fingerprint density at radius 2 is 2.31 bits per heavy atom. The lowest BCUT2D eigenvalue weighted by atomic mass is 10.1. The molecule has 1 fully saturated rings. The Kier molecular flexibility index (Phi) is 2.60. The minimum atomic E-state index is 0.0895. The van der Waals surface area contributed by atoms with Crippen LogP contribution in [-0.4, -0.2) is 24.3 Å². The molecule has 2 nitrogen and oxygen atoms in total. The van der Waals surface area contributed by atoms with E-state index in [4.69, 9.17) is 0 Å². The predicted octanol–water partition coefficient (Wildman–Crippen LogP) is 1.99. The van der Waals surface area contributed by atoms with Crippen molar-refractivity contribution in [2.24, 2.45) is 5.41 Å². The van der Waals surface area contributed by atoms with Crippen molar-refractivity contribution in [3.05, 3.63) is 24.4 Å². The molecule has 2 heteroatoms. The molecule has 72 valence electrons. The monoisotopic (exact) mass is 179 g/mol. The third-order valence-corrected chi connectivity index (χ3v) is 2.49. The molecule has 1 rings (SSSR count). The Bertz CT molecular complexity index is 267. The molecule has 0 aromatic rings. The molecule has 0 aromatic heterocycles. The van der Waals surface area contributed by atoms with Gasteiger partial charge in [0.1, 0.15) is 0 Å². The number of carbonyl (C=O) groups is 1. The van der Waals surface area contributed by atoms with Crippen molar-refractivity contribution in [3.8, 4) is 0 Å². The van der Waals surface area contributed by atoms with E-state index < -0.39 is 0 Å². The van der Waals surface area contributed by atoms with Gasteiger partial charge in [-0.2, -0.15) is 0 Å². The summed E-state index contributed by atoms with van der Waals surface area (Å²) < 4.78 is 0. The number of rotatable bonds is 4. The number of ketones is 1. The second-order valence-electron chi connectivity index (χ2n) is 4.18. The van der Waals surface area contributed by atoms with Crippen molar-refractivity contribution < 1.29 is 4.79 Å². The summed E-state index contributed by atoms with van der Waals surface area (Å²) in [6.07, 6.45) is 4.54. The van der Waals surface area contributed by atoms with Crippen LogP contribution in [0, 0.1) is 5.41 Å².